The second-order valence-corrected chi connectivity index (χ2v) is 14.1. The van der Waals surface area contributed by atoms with Gasteiger partial charge in [-0.1, -0.05) is 11.6 Å². The lowest BCUT2D eigenvalue weighted by atomic mass is 9.86. The topological polar surface area (TPSA) is 120 Å². The van der Waals surface area contributed by atoms with Gasteiger partial charge in [0.05, 0.1) is 35.1 Å². The normalized spacial score (nSPS) is 16.9. The zero-order valence-electron chi connectivity index (χ0n) is 27.7. The number of ether oxygens (including phenoxy) is 2. The molecule has 0 unspecified atom stereocenters. The number of rotatable bonds is 9. The maximum Gasteiger partial charge on any atom is 0.338 e. The summed E-state index contributed by atoms with van der Waals surface area (Å²) < 4.78 is 14.1. The molecule has 1 atom stereocenters. The van der Waals surface area contributed by atoms with Crippen molar-refractivity contribution in [3.05, 3.63) is 97.3 Å². The summed E-state index contributed by atoms with van der Waals surface area (Å²) in [5.41, 5.74) is 5.87. The lowest BCUT2D eigenvalue weighted by Gasteiger charge is -2.39. The van der Waals surface area contributed by atoms with Crippen molar-refractivity contribution in [2.45, 2.75) is 64.5 Å². The number of halogens is 1. The number of benzene rings is 1. The van der Waals surface area contributed by atoms with Crippen molar-refractivity contribution < 1.29 is 19.4 Å². The Kier molecular flexibility index (Phi) is 9.41. The van der Waals surface area contributed by atoms with Gasteiger partial charge in [0.2, 0.25) is 5.88 Å². The largest absolute Gasteiger partial charge is 0.491 e. The number of pyridine rings is 2. The predicted octanol–water partition coefficient (Wildman–Crippen LogP) is 6.71. The van der Waals surface area contributed by atoms with Gasteiger partial charge in [-0.3, -0.25) is 19.2 Å². The van der Waals surface area contributed by atoms with E-state index in [-0.39, 0.29) is 17.7 Å². The Morgan fingerprint density at radius 1 is 1.08 bits per heavy atom. The standard InChI is InChI=1S/C37H38ClN5O5S/c1-21-16-28(35-34(40-21)30(20-49-35)37(45)46)27-18-25(38)4-7-32(27)48-15-14-43-22(2)41-31-6-5-26(19-29(31)36(43)44)42-12-9-23(10-13-42)24-8-11-39-33(17-24)47-3/h4,7-8,11,16-18,20,23,26H,5-6,9-10,12-15,19H2,1-3H3,(H,45,46)/t26-/m0/s1. The molecular formula is C37H38ClN5O5S. The van der Waals surface area contributed by atoms with Crippen LogP contribution in [0.15, 0.2) is 52.8 Å². The van der Waals surface area contributed by atoms with Crippen molar-refractivity contribution in [1.82, 2.24) is 24.4 Å². The van der Waals surface area contributed by atoms with Crippen LogP contribution in [0.4, 0.5) is 0 Å². The molecule has 1 aliphatic carbocycles. The van der Waals surface area contributed by atoms with Crippen LogP contribution in [0, 0.1) is 13.8 Å². The molecule has 10 nitrogen and oxygen atoms in total. The van der Waals surface area contributed by atoms with Gasteiger partial charge in [0.15, 0.2) is 0 Å². The average molecular weight is 700 g/mol. The highest BCUT2D eigenvalue weighted by molar-refractivity contribution is 7.18. The molecule has 0 spiro atoms. The third-order valence-corrected chi connectivity index (χ3v) is 11.1. The average Bonchev–Trinajstić information content (AvgIpc) is 3.54. The number of hydrogen-bond donors (Lipinski definition) is 1. The minimum Gasteiger partial charge on any atom is -0.491 e. The molecule has 1 N–H and O–H groups in total. The molecule has 12 heteroatoms. The molecule has 4 aromatic heterocycles. The maximum absolute atomic E-state index is 13.9. The minimum atomic E-state index is -1.02. The smallest absolute Gasteiger partial charge is 0.338 e. The van der Waals surface area contributed by atoms with Crippen LogP contribution in [-0.4, -0.2) is 68.3 Å². The van der Waals surface area contributed by atoms with E-state index >= 15 is 0 Å². The number of thiophene rings is 1. The summed E-state index contributed by atoms with van der Waals surface area (Å²) in [7, 11) is 1.65. The van der Waals surface area contributed by atoms with Gasteiger partial charge < -0.3 is 14.6 Å². The van der Waals surface area contributed by atoms with E-state index < -0.39 is 5.97 Å². The fourth-order valence-corrected chi connectivity index (χ4v) is 8.53. The first-order valence-electron chi connectivity index (χ1n) is 16.6. The van der Waals surface area contributed by atoms with E-state index in [0.717, 1.165) is 65.9 Å². The summed E-state index contributed by atoms with van der Waals surface area (Å²) in [6.07, 6.45) is 6.45. The number of likely N-dealkylation sites (tertiary alicyclic amines) is 1. The van der Waals surface area contributed by atoms with Crippen LogP contribution in [-0.2, 0) is 19.4 Å². The molecule has 1 aliphatic heterocycles. The van der Waals surface area contributed by atoms with Crippen molar-refractivity contribution in [1.29, 1.82) is 0 Å². The van der Waals surface area contributed by atoms with Gasteiger partial charge in [-0.25, -0.2) is 14.8 Å². The molecule has 1 saturated heterocycles. The van der Waals surface area contributed by atoms with Crippen molar-refractivity contribution in [2.75, 3.05) is 26.8 Å². The number of carbonyl (C=O) groups is 1. The van der Waals surface area contributed by atoms with Gasteiger partial charge in [-0.2, -0.15) is 0 Å². The second-order valence-electron chi connectivity index (χ2n) is 12.8. The zero-order valence-corrected chi connectivity index (χ0v) is 29.3. The molecule has 5 heterocycles. The molecule has 7 rings (SSSR count). The molecule has 0 radical (unpaired) electrons. The monoisotopic (exact) mass is 699 g/mol. The Labute approximate surface area is 293 Å². The van der Waals surface area contributed by atoms with E-state index in [4.69, 9.17) is 26.1 Å². The quantitative estimate of drug-likeness (QED) is 0.179. The highest BCUT2D eigenvalue weighted by Gasteiger charge is 2.31. The Balaban J connectivity index is 1.06. The fourth-order valence-electron chi connectivity index (χ4n) is 7.35. The lowest BCUT2D eigenvalue weighted by Crippen LogP contribution is -2.46. The first-order chi connectivity index (χ1) is 23.7. The fraction of sp³-hybridized carbons (Fsp3) is 0.378. The molecule has 1 aromatic carbocycles. The molecular weight excluding hydrogens is 662 g/mol. The van der Waals surface area contributed by atoms with Gasteiger partial charge in [-0.15, -0.1) is 11.3 Å². The van der Waals surface area contributed by atoms with Gasteiger partial charge in [0.1, 0.15) is 18.2 Å². The van der Waals surface area contributed by atoms with Crippen molar-refractivity contribution in [2.24, 2.45) is 0 Å². The van der Waals surface area contributed by atoms with Gasteiger partial charge in [0.25, 0.3) is 5.56 Å². The van der Waals surface area contributed by atoms with E-state index in [2.05, 4.69) is 20.9 Å². The minimum absolute atomic E-state index is 0.0112. The number of aryl methyl sites for hydroxylation is 3. The maximum atomic E-state index is 13.9. The van der Waals surface area contributed by atoms with E-state index in [1.54, 1.807) is 23.1 Å². The van der Waals surface area contributed by atoms with Crippen LogP contribution >= 0.6 is 22.9 Å². The first-order valence-corrected chi connectivity index (χ1v) is 17.8. The Bertz CT molecular complexity index is 2110. The highest BCUT2D eigenvalue weighted by Crippen LogP contribution is 2.40. The number of methoxy groups -OCH3 is 1. The van der Waals surface area contributed by atoms with E-state index in [0.29, 0.717) is 58.6 Å². The first kappa shape index (κ1) is 33.2. The third-order valence-electron chi connectivity index (χ3n) is 9.86. The van der Waals surface area contributed by atoms with Crippen LogP contribution in [0.5, 0.6) is 11.6 Å². The van der Waals surface area contributed by atoms with Crippen molar-refractivity contribution in [3.63, 3.8) is 0 Å². The molecule has 0 saturated carbocycles. The second kappa shape index (κ2) is 13.9. The summed E-state index contributed by atoms with van der Waals surface area (Å²) in [6, 6.07) is 11.8. The molecule has 1 fully saturated rings. The van der Waals surface area contributed by atoms with E-state index in [9.17, 15) is 14.7 Å². The molecule has 5 aromatic rings. The Morgan fingerprint density at radius 3 is 2.67 bits per heavy atom. The van der Waals surface area contributed by atoms with Crippen LogP contribution in [0.3, 0.4) is 0 Å². The summed E-state index contributed by atoms with van der Waals surface area (Å²) in [6.45, 7) is 6.28. The Hall–Kier alpha value is -4.32. The van der Waals surface area contributed by atoms with Gasteiger partial charge in [-0.05, 0) is 101 Å². The van der Waals surface area contributed by atoms with Gasteiger partial charge >= 0.3 is 5.97 Å². The SMILES string of the molecule is COc1cc(C2CCN([C@H]3CCc4nc(C)n(CCOc5ccc(Cl)cc5-c5cc(C)nc6c(C(=O)O)csc56)c(=O)c4C3)CC2)ccn1. The van der Waals surface area contributed by atoms with Crippen molar-refractivity contribution >= 4 is 39.1 Å². The number of aromatic nitrogens is 4. The number of piperidine rings is 1. The van der Waals surface area contributed by atoms with E-state index in [1.807, 2.05) is 44.3 Å². The zero-order chi connectivity index (χ0) is 34.2. The summed E-state index contributed by atoms with van der Waals surface area (Å²) in [4.78, 5) is 42.0. The number of fused-ring (bicyclic) bond motifs is 2. The molecule has 2 aliphatic rings. The van der Waals surface area contributed by atoms with Crippen LogP contribution in [0.25, 0.3) is 21.3 Å². The molecule has 0 bridgehead atoms. The van der Waals surface area contributed by atoms with Crippen molar-refractivity contribution in [3.8, 4) is 22.8 Å². The number of aromatic carboxylic acids is 1. The van der Waals surface area contributed by atoms with Crippen LogP contribution < -0.4 is 15.0 Å². The van der Waals surface area contributed by atoms with Crippen LogP contribution in [0.1, 0.15) is 63.9 Å². The predicted molar refractivity (Wildman–Crippen MR) is 191 cm³/mol. The lowest BCUT2D eigenvalue weighted by molar-refractivity contribution is 0.0699. The number of carboxylic acid groups (broad SMARTS) is 1. The number of nitrogens with zero attached hydrogens (tertiary/aromatic N) is 5. The molecule has 0 amide bonds. The Morgan fingerprint density at radius 2 is 1.90 bits per heavy atom. The summed E-state index contributed by atoms with van der Waals surface area (Å²) in [5, 5.41) is 11.8. The molecule has 49 heavy (non-hydrogen) atoms. The number of carboxylic acids is 1. The van der Waals surface area contributed by atoms with Gasteiger partial charge in [0, 0.05) is 51.1 Å². The highest BCUT2D eigenvalue weighted by atomic mass is 35.5. The van der Waals surface area contributed by atoms with Crippen LogP contribution in [0.2, 0.25) is 5.02 Å². The summed E-state index contributed by atoms with van der Waals surface area (Å²) in [5.74, 6) is 1.39. The third kappa shape index (κ3) is 6.67. The van der Waals surface area contributed by atoms with E-state index in [1.165, 1.54) is 16.9 Å². The summed E-state index contributed by atoms with van der Waals surface area (Å²) >= 11 is 7.77. The molecule has 254 valence electrons. The number of hydrogen-bond acceptors (Lipinski definition) is 9.